The van der Waals surface area contributed by atoms with Gasteiger partial charge in [0.1, 0.15) is 5.75 Å². The van der Waals surface area contributed by atoms with Gasteiger partial charge in [-0.05, 0) is 53.1 Å². The molecule has 0 atom stereocenters. The summed E-state index contributed by atoms with van der Waals surface area (Å²) < 4.78 is 5.06. The molecule has 0 aliphatic carbocycles. The summed E-state index contributed by atoms with van der Waals surface area (Å²) in [6.07, 6.45) is 1.11. The summed E-state index contributed by atoms with van der Waals surface area (Å²) >= 11 is 1.62. The number of carbonyl (C=O) groups is 2. The molecule has 23 heavy (non-hydrogen) atoms. The lowest BCUT2D eigenvalue weighted by atomic mass is 10.2. The molecule has 0 saturated carbocycles. The molecule has 0 aliphatic rings. The Kier molecular flexibility index (Phi) is 6.17. The van der Waals surface area contributed by atoms with Gasteiger partial charge in [0.05, 0.1) is 13.7 Å². The van der Waals surface area contributed by atoms with Gasteiger partial charge in [-0.1, -0.05) is 0 Å². The first-order valence-electron chi connectivity index (χ1n) is 7.27. The predicted octanol–water partition coefficient (Wildman–Crippen LogP) is 2.79. The maximum atomic E-state index is 12.0. The van der Waals surface area contributed by atoms with Crippen LogP contribution in [-0.2, 0) is 16.0 Å². The fourth-order valence-electron chi connectivity index (χ4n) is 2.06. The van der Waals surface area contributed by atoms with Gasteiger partial charge >= 0.3 is 0 Å². The van der Waals surface area contributed by atoms with E-state index in [4.69, 9.17) is 4.74 Å². The van der Waals surface area contributed by atoms with Crippen LogP contribution in [0.5, 0.6) is 5.75 Å². The summed E-state index contributed by atoms with van der Waals surface area (Å²) in [6, 6.07) is 9.06. The number of ether oxygens (including phenoxy) is 1. The number of nitrogens with one attached hydrogen (secondary N) is 1. The van der Waals surface area contributed by atoms with E-state index in [-0.39, 0.29) is 18.4 Å². The second-order valence-electron chi connectivity index (χ2n) is 5.16. The Bertz CT molecular complexity index is 638. The number of likely N-dealkylation sites (N-methyl/N-ethyl adjacent to an activating group) is 1. The third-order valence-electron chi connectivity index (χ3n) is 3.39. The highest BCUT2D eigenvalue weighted by atomic mass is 32.1. The van der Waals surface area contributed by atoms with Crippen molar-refractivity contribution in [3.63, 3.8) is 0 Å². The van der Waals surface area contributed by atoms with Crippen molar-refractivity contribution in [1.29, 1.82) is 0 Å². The summed E-state index contributed by atoms with van der Waals surface area (Å²) in [6.45, 7) is 0.0362. The van der Waals surface area contributed by atoms with E-state index in [9.17, 15) is 9.59 Å². The van der Waals surface area contributed by atoms with Crippen molar-refractivity contribution in [1.82, 2.24) is 4.90 Å². The minimum Gasteiger partial charge on any atom is -0.497 e. The highest BCUT2D eigenvalue weighted by Gasteiger charge is 2.13. The van der Waals surface area contributed by atoms with Gasteiger partial charge in [0, 0.05) is 19.2 Å². The van der Waals surface area contributed by atoms with E-state index in [1.165, 1.54) is 4.90 Å². The number of anilines is 1. The third kappa shape index (κ3) is 5.41. The molecule has 6 heteroatoms. The van der Waals surface area contributed by atoms with Crippen molar-refractivity contribution >= 4 is 28.8 Å². The molecule has 2 aromatic rings. The van der Waals surface area contributed by atoms with E-state index in [1.54, 1.807) is 49.8 Å². The Labute approximate surface area is 139 Å². The van der Waals surface area contributed by atoms with Gasteiger partial charge in [0.2, 0.25) is 11.8 Å². The van der Waals surface area contributed by atoms with Gasteiger partial charge in [0.15, 0.2) is 0 Å². The van der Waals surface area contributed by atoms with Gasteiger partial charge in [-0.3, -0.25) is 9.59 Å². The zero-order valence-electron chi connectivity index (χ0n) is 13.2. The largest absolute Gasteiger partial charge is 0.497 e. The highest BCUT2D eigenvalue weighted by molar-refractivity contribution is 7.07. The van der Waals surface area contributed by atoms with E-state index in [2.05, 4.69) is 5.32 Å². The molecule has 1 N–H and O–H groups in total. The van der Waals surface area contributed by atoms with Crippen LogP contribution in [-0.4, -0.2) is 37.4 Å². The van der Waals surface area contributed by atoms with Crippen LogP contribution in [0.15, 0.2) is 41.1 Å². The van der Waals surface area contributed by atoms with Crippen LogP contribution < -0.4 is 10.1 Å². The van der Waals surface area contributed by atoms with E-state index < -0.39 is 0 Å². The van der Waals surface area contributed by atoms with Crippen molar-refractivity contribution in [2.45, 2.75) is 12.8 Å². The van der Waals surface area contributed by atoms with Crippen LogP contribution in [0.25, 0.3) is 0 Å². The Morgan fingerprint density at radius 2 is 1.96 bits per heavy atom. The molecule has 0 fully saturated rings. The summed E-state index contributed by atoms with van der Waals surface area (Å²) in [7, 11) is 3.23. The van der Waals surface area contributed by atoms with E-state index in [1.807, 2.05) is 16.8 Å². The molecule has 0 unspecified atom stereocenters. The van der Waals surface area contributed by atoms with Gasteiger partial charge in [0.25, 0.3) is 0 Å². The Hall–Kier alpha value is -2.34. The predicted molar refractivity (Wildman–Crippen MR) is 91.9 cm³/mol. The second-order valence-corrected chi connectivity index (χ2v) is 5.94. The molecule has 0 bridgehead atoms. The number of amides is 2. The standard InChI is InChI=1S/C17H20N2O3S/c1-19(17(21)8-3-13-9-10-23-12-13)11-16(20)18-14-4-6-15(22-2)7-5-14/h4-7,9-10,12H,3,8,11H2,1-2H3,(H,18,20). The Balaban J connectivity index is 1.77. The molecule has 122 valence electrons. The number of methoxy groups -OCH3 is 1. The SMILES string of the molecule is COc1ccc(NC(=O)CN(C)C(=O)CCc2ccsc2)cc1. The van der Waals surface area contributed by atoms with Crippen molar-refractivity contribution in [3.05, 3.63) is 46.7 Å². The average Bonchev–Trinajstić information content (AvgIpc) is 3.06. The summed E-state index contributed by atoms with van der Waals surface area (Å²) in [5.74, 6) is 0.464. The number of rotatable bonds is 7. The smallest absolute Gasteiger partial charge is 0.243 e. The highest BCUT2D eigenvalue weighted by Crippen LogP contribution is 2.15. The first-order valence-corrected chi connectivity index (χ1v) is 8.21. The number of hydrogen-bond donors (Lipinski definition) is 1. The molecule has 1 aromatic heterocycles. The molecule has 2 amide bonds. The number of hydrogen-bond acceptors (Lipinski definition) is 4. The van der Waals surface area contributed by atoms with Crippen LogP contribution in [0, 0.1) is 0 Å². The van der Waals surface area contributed by atoms with Gasteiger partial charge in [-0.15, -0.1) is 0 Å². The molecule has 0 saturated heterocycles. The van der Waals surface area contributed by atoms with E-state index in [0.717, 1.165) is 11.3 Å². The minimum atomic E-state index is -0.221. The Morgan fingerprint density at radius 3 is 2.57 bits per heavy atom. The minimum absolute atomic E-state index is 0.0362. The van der Waals surface area contributed by atoms with Crippen molar-refractivity contribution in [2.24, 2.45) is 0 Å². The molecule has 0 aliphatic heterocycles. The number of carbonyl (C=O) groups excluding carboxylic acids is 2. The molecule has 2 rings (SSSR count). The fourth-order valence-corrected chi connectivity index (χ4v) is 2.76. The number of aryl methyl sites for hydroxylation is 1. The lowest BCUT2D eigenvalue weighted by Crippen LogP contribution is -2.35. The number of benzene rings is 1. The summed E-state index contributed by atoms with van der Waals surface area (Å²) in [5, 5.41) is 6.79. The summed E-state index contributed by atoms with van der Waals surface area (Å²) in [4.78, 5) is 25.5. The quantitative estimate of drug-likeness (QED) is 0.848. The van der Waals surface area contributed by atoms with Crippen LogP contribution in [0.2, 0.25) is 0 Å². The van der Waals surface area contributed by atoms with Crippen molar-refractivity contribution in [3.8, 4) is 5.75 Å². The molecular weight excluding hydrogens is 312 g/mol. The van der Waals surface area contributed by atoms with Crippen LogP contribution in [0.4, 0.5) is 5.69 Å². The zero-order valence-corrected chi connectivity index (χ0v) is 14.1. The van der Waals surface area contributed by atoms with Crippen LogP contribution >= 0.6 is 11.3 Å². The number of thiophene rings is 1. The molecule has 1 heterocycles. The maximum absolute atomic E-state index is 12.0. The molecule has 0 radical (unpaired) electrons. The third-order valence-corrected chi connectivity index (χ3v) is 4.12. The normalized spacial score (nSPS) is 10.2. The fraction of sp³-hybridized carbons (Fsp3) is 0.294. The molecular formula is C17H20N2O3S. The molecule has 5 nitrogen and oxygen atoms in total. The van der Waals surface area contributed by atoms with Crippen LogP contribution in [0.3, 0.4) is 0 Å². The van der Waals surface area contributed by atoms with Crippen LogP contribution in [0.1, 0.15) is 12.0 Å². The lowest BCUT2D eigenvalue weighted by molar-refractivity contribution is -0.133. The van der Waals surface area contributed by atoms with Crippen molar-refractivity contribution < 1.29 is 14.3 Å². The Morgan fingerprint density at radius 1 is 1.22 bits per heavy atom. The van der Waals surface area contributed by atoms with Gasteiger partial charge < -0.3 is 15.0 Å². The lowest BCUT2D eigenvalue weighted by Gasteiger charge is -2.16. The second kappa shape index (κ2) is 8.33. The van der Waals surface area contributed by atoms with E-state index >= 15 is 0 Å². The topological polar surface area (TPSA) is 58.6 Å². The monoisotopic (exact) mass is 332 g/mol. The molecule has 0 spiro atoms. The van der Waals surface area contributed by atoms with Crippen molar-refractivity contribution in [2.75, 3.05) is 26.0 Å². The summed E-state index contributed by atoms with van der Waals surface area (Å²) in [5.41, 5.74) is 1.83. The first-order chi connectivity index (χ1) is 11.1. The van der Waals surface area contributed by atoms with E-state index in [0.29, 0.717) is 18.5 Å². The zero-order chi connectivity index (χ0) is 16.7. The maximum Gasteiger partial charge on any atom is 0.243 e. The number of nitrogens with zero attached hydrogens (tertiary/aromatic N) is 1. The van der Waals surface area contributed by atoms with Gasteiger partial charge in [-0.25, -0.2) is 0 Å². The first kappa shape index (κ1) is 17.0. The molecule has 1 aromatic carbocycles. The van der Waals surface area contributed by atoms with Gasteiger partial charge in [-0.2, -0.15) is 11.3 Å². The average molecular weight is 332 g/mol.